The van der Waals surface area contributed by atoms with Gasteiger partial charge >= 0.3 is 0 Å². The number of rotatable bonds is 6. The molecule has 0 spiro atoms. The van der Waals surface area contributed by atoms with E-state index < -0.39 is 5.91 Å². The average molecular weight is 363 g/mol. The van der Waals surface area contributed by atoms with Crippen LogP contribution in [0.2, 0.25) is 0 Å². The number of carbonyl (C=O) groups is 1. The van der Waals surface area contributed by atoms with E-state index in [0.717, 1.165) is 6.42 Å². The van der Waals surface area contributed by atoms with Crippen LogP contribution in [0.15, 0.2) is 54.6 Å². The van der Waals surface area contributed by atoms with E-state index in [1.807, 2.05) is 42.5 Å². The van der Waals surface area contributed by atoms with E-state index in [1.54, 1.807) is 6.92 Å². The zero-order chi connectivity index (χ0) is 19.2. The summed E-state index contributed by atoms with van der Waals surface area (Å²) in [5.74, 6) is 5.59. The van der Waals surface area contributed by atoms with E-state index in [4.69, 9.17) is 16.3 Å². The Labute approximate surface area is 157 Å². The SMILES string of the molecule is Cc1nc(N)nc(-c2cccc(OCCc3ccccc3)c2)c1C(=O)NN. The normalized spacial score (nSPS) is 10.4. The third-order valence-electron chi connectivity index (χ3n) is 4.08. The lowest BCUT2D eigenvalue weighted by Gasteiger charge is -2.12. The number of benzene rings is 2. The molecule has 7 heteroatoms. The minimum atomic E-state index is -0.474. The molecule has 3 aromatic rings. The lowest BCUT2D eigenvalue weighted by molar-refractivity contribution is 0.0953. The second kappa shape index (κ2) is 8.29. The maximum atomic E-state index is 12.2. The summed E-state index contributed by atoms with van der Waals surface area (Å²) in [6.45, 7) is 2.22. The van der Waals surface area contributed by atoms with E-state index in [-0.39, 0.29) is 11.5 Å². The van der Waals surface area contributed by atoms with Crippen molar-refractivity contribution in [3.63, 3.8) is 0 Å². The number of nitrogens with one attached hydrogen (secondary N) is 1. The Balaban J connectivity index is 1.84. The topological polar surface area (TPSA) is 116 Å². The predicted octanol–water partition coefficient (Wildman–Crippen LogP) is 2.26. The van der Waals surface area contributed by atoms with E-state index in [2.05, 4.69) is 27.5 Å². The molecule has 3 rings (SSSR count). The van der Waals surface area contributed by atoms with Crippen LogP contribution in [0.25, 0.3) is 11.3 Å². The van der Waals surface area contributed by atoms with Crippen molar-refractivity contribution in [3.05, 3.63) is 71.4 Å². The first-order valence-corrected chi connectivity index (χ1v) is 8.50. The van der Waals surface area contributed by atoms with Gasteiger partial charge in [0.2, 0.25) is 5.95 Å². The largest absolute Gasteiger partial charge is 0.493 e. The molecule has 7 nitrogen and oxygen atoms in total. The molecule has 2 aromatic carbocycles. The van der Waals surface area contributed by atoms with Gasteiger partial charge in [-0.1, -0.05) is 42.5 Å². The van der Waals surface area contributed by atoms with Crippen LogP contribution in [0.5, 0.6) is 5.75 Å². The zero-order valence-electron chi connectivity index (χ0n) is 15.0. The van der Waals surface area contributed by atoms with E-state index in [0.29, 0.717) is 29.3 Å². The van der Waals surface area contributed by atoms with Crippen molar-refractivity contribution in [1.82, 2.24) is 15.4 Å². The first kappa shape index (κ1) is 18.3. The molecule has 0 aliphatic rings. The van der Waals surface area contributed by atoms with Crippen LogP contribution in [0.4, 0.5) is 5.95 Å². The van der Waals surface area contributed by atoms with Crippen LogP contribution in [0.1, 0.15) is 21.6 Å². The summed E-state index contributed by atoms with van der Waals surface area (Å²) in [6, 6.07) is 17.5. The maximum absolute atomic E-state index is 12.2. The van der Waals surface area contributed by atoms with Gasteiger partial charge in [-0.3, -0.25) is 10.2 Å². The van der Waals surface area contributed by atoms with Gasteiger partial charge in [-0.15, -0.1) is 0 Å². The first-order valence-electron chi connectivity index (χ1n) is 8.50. The Morgan fingerprint density at radius 1 is 1.11 bits per heavy atom. The summed E-state index contributed by atoms with van der Waals surface area (Å²) in [5.41, 5.74) is 11.0. The smallest absolute Gasteiger partial charge is 0.269 e. The van der Waals surface area contributed by atoms with Gasteiger partial charge in [-0.2, -0.15) is 0 Å². The summed E-state index contributed by atoms with van der Waals surface area (Å²) in [7, 11) is 0. The number of hydrazine groups is 1. The molecular formula is C20H21N5O2. The van der Waals surface area contributed by atoms with Crippen molar-refractivity contribution in [2.45, 2.75) is 13.3 Å². The van der Waals surface area contributed by atoms with Crippen molar-refractivity contribution in [2.75, 3.05) is 12.3 Å². The van der Waals surface area contributed by atoms with Crippen molar-refractivity contribution < 1.29 is 9.53 Å². The monoisotopic (exact) mass is 363 g/mol. The van der Waals surface area contributed by atoms with E-state index in [9.17, 15) is 4.79 Å². The number of hydrogen-bond acceptors (Lipinski definition) is 6. The van der Waals surface area contributed by atoms with Crippen molar-refractivity contribution in [1.29, 1.82) is 0 Å². The highest BCUT2D eigenvalue weighted by Crippen LogP contribution is 2.27. The van der Waals surface area contributed by atoms with Gasteiger partial charge in [0.05, 0.1) is 23.6 Å². The van der Waals surface area contributed by atoms with Gasteiger partial charge in [0.1, 0.15) is 5.75 Å². The molecule has 1 heterocycles. The van der Waals surface area contributed by atoms with Crippen LogP contribution in [0.3, 0.4) is 0 Å². The van der Waals surface area contributed by atoms with Crippen molar-refractivity contribution >= 4 is 11.9 Å². The summed E-state index contributed by atoms with van der Waals surface area (Å²) in [6.07, 6.45) is 0.797. The molecule has 27 heavy (non-hydrogen) atoms. The quantitative estimate of drug-likeness (QED) is 0.351. The number of nitrogens with zero attached hydrogens (tertiary/aromatic N) is 2. The van der Waals surface area contributed by atoms with Crippen molar-refractivity contribution in [2.24, 2.45) is 5.84 Å². The number of anilines is 1. The molecule has 0 bridgehead atoms. The highest BCUT2D eigenvalue weighted by molar-refractivity contribution is 6.00. The summed E-state index contributed by atoms with van der Waals surface area (Å²) >= 11 is 0. The van der Waals surface area contributed by atoms with Gasteiger partial charge in [-0.25, -0.2) is 15.8 Å². The minimum Gasteiger partial charge on any atom is -0.493 e. The number of aromatic nitrogens is 2. The van der Waals surface area contributed by atoms with Crippen LogP contribution >= 0.6 is 0 Å². The summed E-state index contributed by atoms with van der Waals surface area (Å²) in [4.78, 5) is 20.5. The summed E-state index contributed by atoms with van der Waals surface area (Å²) in [5, 5.41) is 0. The van der Waals surface area contributed by atoms with Gasteiger partial charge in [0.25, 0.3) is 5.91 Å². The number of ether oxygens (including phenoxy) is 1. The lowest BCUT2D eigenvalue weighted by Crippen LogP contribution is -2.31. The number of nitrogens with two attached hydrogens (primary N) is 2. The van der Waals surface area contributed by atoms with E-state index in [1.165, 1.54) is 5.56 Å². The van der Waals surface area contributed by atoms with Gasteiger partial charge in [0, 0.05) is 12.0 Å². The highest BCUT2D eigenvalue weighted by Gasteiger charge is 2.19. The number of carbonyl (C=O) groups excluding carboxylic acids is 1. The molecular weight excluding hydrogens is 342 g/mol. The Hall–Kier alpha value is -3.45. The van der Waals surface area contributed by atoms with Crippen LogP contribution in [-0.4, -0.2) is 22.5 Å². The van der Waals surface area contributed by atoms with Gasteiger partial charge < -0.3 is 10.5 Å². The zero-order valence-corrected chi connectivity index (χ0v) is 15.0. The molecule has 138 valence electrons. The first-order chi connectivity index (χ1) is 13.1. The second-order valence-electron chi connectivity index (χ2n) is 5.98. The lowest BCUT2D eigenvalue weighted by atomic mass is 10.0. The number of hydrogen-bond donors (Lipinski definition) is 3. The third-order valence-corrected chi connectivity index (χ3v) is 4.08. The molecule has 0 radical (unpaired) electrons. The third kappa shape index (κ3) is 4.39. The fourth-order valence-corrected chi connectivity index (χ4v) is 2.81. The van der Waals surface area contributed by atoms with Crippen LogP contribution in [0, 0.1) is 6.92 Å². The standard InChI is InChI=1S/C20H21N5O2/c1-13-17(19(26)25-22)18(24-20(21)23-13)15-8-5-9-16(12-15)27-11-10-14-6-3-2-4-7-14/h2-9,12H,10-11,22H2,1H3,(H,25,26)(H2,21,23,24). The van der Waals surface area contributed by atoms with Gasteiger partial charge in [0.15, 0.2) is 0 Å². The summed E-state index contributed by atoms with van der Waals surface area (Å²) < 4.78 is 5.86. The maximum Gasteiger partial charge on any atom is 0.269 e. The molecule has 0 unspecified atom stereocenters. The fourth-order valence-electron chi connectivity index (χ4n) is 2.81. The molecule has 1 amide bonds. The van der Waals surface area contributed by atoms with Crippen molar-refractivity contribution in [3.8, 4) is 17.0 Å². The average Bonchev–Trinajstić information content (AvgIpc) is 2.68. The molecule has 5 N–H and O–H groups in total. The number of amides is 1. The predicted molar refractivity (Wildman–Crippen MR) is 104 cm³/mol. The number of aryl methyl sites for hydroxylation is 1. The molecule has 0 fully saturated rings. The Morgan fingerprint density at radius 3 is 2.63 bits per heavy atom. The fraction of sp³-hybridized carbons (Fsp3) is 0.150. The highest BCUT2D eigenvalue weighted by atomic mass is 16.5. The molecule has 1 aromatic heterocycles. The Bertz CT molecular complexity index is 944. The van der Waals surface area contributed by atoms with Gasteiger partial charge in [-0.05, 0) is 24.6 Å². The Morgan fingerprint density at radius 2 is 1.89 bits per heavy atom. The molecule has 0 atom stereocenters. The van der Waals surface area contributed by atoms with Crippen LogP contribution in [-0.2, 0) is 6.42 Å². The van der Waals surface area contributed by atoms with E-state index >= 15 is 0 Å². The second-order valence-corrected chi connectivity index (χ2v) is 5.98. The molecule has 0 saturated carbocycles. The minimum absolute atomic E-state index is 0.0893. The molecule has 0 aliphatic carbocycles. The Kier molecular flexibility index (Phi) is 5.63. The van der Waals surface area contributed by atoms with Crippen LogP contribution < -0.4 is 21.7 Å². The molecule has 0 aliphatic heterocycles. The molecule has 0 saturated heterocycles. The number of nitrogen functional groups attached to an aromatic ring is 2.